The van der Waals surface area contributed by atoms with Crippen molar-refractivity contribution in [3.8, 4) is 0 Å². The Kier molecular flexibility index (Phi) is 2.39. The summed E-state index contributed by atoms with van der Waals surface area (Å²) in [6.45, 7) is 5.40. The lowest BCUT2D eigenvalue weighted by Gasteiger charge is -2.15. The first-order valence-corrected chi connectivity index (χ1v) is 5.27. The molecule has 0 aliphatic carbocycles. The van der Waals surface area contributed by atoms with E-state index in [4.69, 9.17) is 4.74 Å². The van der Waals surface area contributed by atoms with Crippen LogP contribution in [-0.4, -0.2) is 30.4 Å². The smallest absolute Gasteiger partial charge is 0.0587 e. The molecular formula is C8H15NOS. The molecule has 0 aromatic heterocycles. The highest BCUT2D eigenvalue weighted by atomic mass is 32.2. The molecule has 2 rings (SSSR count). The number of hydrogen-bond donors (Lipinski definition) is 1. The van der Waals surface area contributed by atoms with Gasteiger partial charge in [0.25, 0.3) is 0 Å². The quantitative estimate of drug-likeness (QED) is 0.641. The van der Waals surface area contributed by atoms with E-state index in [-0.39, 0.29) is 0 Å². The Labute approximate surface area is 72.1 Å². The van der Waals surface area contributed by atoms with Gasteiger partial charge < -0.3 is 10.1 Å². The molecule has 0 aromatic carbocycles. The van der Waals surface area contributed by atoms with Gasteiger partial charge in [-0.3, -0.25) is 0 Å². The summed E-state index contributed by atoms with van der Waals surface area (Å²) in [6.07, 6.45) is 1.25. The fourth-order valence-corrected chi connectivity index (χ4v) is 3.02. The molecule has 2 aliphatic rings. The van der Waals surface area contributed by atoms with Crippen LogP contribution in [-0.2, 0) is 4.74 Å². The molecule has 2 nitrogen and oxygen atoms in total. The van der Waals surface area contributed by atoms with Crippen molar-refractivity contribution in [2.24, 2.45) is 5.92 Å². The first kappa shape index (κ1) is 7.90. The highest BCUT2D eigenvalue weighted by molar-refractivity contribution is 8.00. The first-order chi connectivity index (χ1) is 5.36. The lowest BCUT2D eigenvalue weighted by molar-refractivity contribution is 0.184. The molecule has 0 spiro atoms. The van der Waals surface area contributed by atoms with Crippen molar-refractivity contribution in [1.82, 2.24) is 5.32 Å². The standard InChI is InChI=1S/C8H15NOS/c1-6-4-9-8(11-6)7-2-3-10-5-7/h6-9H,2-5H2,1H3. The second-order valence-corrected chi connectivity index (χ2v) is 4.98. The van der Waals surface area contributed by atoms with E-state index in [1.165, 1.54) is 13.0 Å². The highest BCUT2D eigenvalue weighted by Crippen LogP contribution is 2.31. The molecular weight excluding hydrogens is 158 g/mol. The van der Waals surface area contributed by atoms with Gasteiger partial charge in [-0.05, 0) is 6.42 Å². The van der Waals surface area contributed by atoms with E-state index in [1.54, 1.807) is 0 Å². The number of ether oxygens (including phenoxy) is 1. The minimum atomic E-state index is 0.674. The maximum atomic E-state index is 5.35. The third-order valence-corrected chi connectivity index (χ3v) is 3.85. The Morgan fingerprint density at radius 3 is 3.00 bits per heavy atom. The van der Waals surface area contributed by atoms with Crippen LogP contribution < -0.4 is 5.32 Å². The first-order valence-electron chi connectivity index (χ1n) is 4.33. The van der Waals surface area contributed by atoms with Gasteiger partial charge >= 0.3 is 0 Å². The molecule has 2 saturated heterocycles. The molecule has 3 unspecified atom stereocenters. The predicted octanol–water partition coefficient (Wildman–Crippen LogP) is 1.07. The van der Waals surface area contributed by atoms with Gasteiger partial charge in [-0.1, -0.05) is 6.92 Å². The summed E-state index contributed by atoms with van der Waals surface area (Å²) in [7, 11) is 0. The van der Waals surface area contributed by atoms with E-state index >= 15 is 0 Å². The van der Waals surface area contributed by atoms with Crippen LogP contribution in [0.5, 0.6) is 0 Å². The summed E-state index contributed by atoms with van der Waals surface area (Å²) in [4.78, 5) is 0. The minimum Gasteiger partial charge on any atom is -0.381 e. The Hall–Kier alpha value is 0.270. The van der Waals surface area contributed by atoms with Crippen molar-refractivity contribution < 1.29 is 4.74 Å². The largest absolute Gasteiger partial charge is 0.381 e. The molecule has 3 heteroatoms. The monoisotopic (exact) mass is 173 g/mol. The normalized spacial score (nSPS) is 45.0. The highest BCUT2D eigenvalue weighted by Gasteiger charge is 2.31. The van der Waals surface area contributed by atoms with Crippen molar-refractivity contribution in [3.63, 3.8) is 0 Å². The van der Waals surface area contributed by atoms with Gasteiger partial charge in [-0.15, -0.1) is 11.8 Å². The maximum absolute atomic E-state index is 5.35. The van der Waals surface area contributed by atoms with Gasteiger partial charge in [-0.25, -0.2) is 0 Å². The fourth-order valence-electron chi connectivity index (χ4n) is 1.70. The van der Waals surface area contributed by atoms with Crippen LogP contribution in [0.25, 0.3) is 0 Å². The molecule has 3 atom stereocenters. The van der Waals surface area contributed by atoms with Crippen LogP contribution in [0.4, 0.5) is 0 Å². The molecule has 64 valence electrons. The Bertz CT molecular complexity index is 136. The van der Waals surface area contributed by atoms with Crippen molar-refractivity contribution in [1.29, 1.82) is 0 Å². The van der Waals surface area contributed by atoms with Crippen LogP contribution in [0.15, 0.2) is 0 Å². The third-order valence-electron chi connectivity index (χ3n) is 2.38. The third kappa shape index (κ3) is 1.71. The summed E-state index contributed by atoms with van der Waals surface area (Å²) in [5.41, 5.74) is 0. The minimum absolute atomic E-state index is 0.674. The van der Waals surface area contributed by atoms with E-state index < -0.39 is 0 Å². The van der Waals surface area contributed by atoms with Crippen LogP contribution in [0, 0.1) is 5.92 Å². The molecule has 2 heterocycles. The van der Waals surface area contributed by atoms with Gasteiger partial charge in [0, 0.05) is 24.3 Å². The zero-order valence-electron chi connectivity index (χ0n) is 6.88. The molecule has 0 amide bonds. The van der Waals surface area contributed by atoms with E-state index in [0.717, 1.165) is 24.4 Å². The molecule has 1 N–H and O–H groups in total. The van der Waals surface area contributed by atoms with E-state index in [9.17, 15) is 0 Å². The number of rotatable bonds is 1. The maximum Gasteiger partial charge on any atom is 0.0587 e. The summed E-state index contributed by atoms with van der Waals surface area (Å²) in [6, 6.07) is 0. The molecule has 2 aliphatic heterocycles. The fraction of sp³-hybridized carbons (Fsp3) is 1.00. The van der Waals surface area contributed by atoms with Gasteiger partial charge in [-0.2, -0.15) is 0 Å². The lowest BCUT2D eigenvalue weighted by Crippen LogP contribution is -2.28. The predicted molar refractivity (Wildman–Crippen MR) is 47.8 cm³/mol. The zero-order chi connectivity index (χ0) is 7.68. The number of thioether (sulfide) groups is 1. The van der Waals surface area contributed by atoms with Crippen LogP contribution in [0.1, 0.15) is 13.3 Å². The average molecular weight is 173 g/mol. The molecule has 11 heavy (non-hydrogen) atoms. The topological polar surface area (TPSA) is 21.3 Å². The summed E-state index contributed by atoms with van der Waals surface area (Å²) < 4.78 is 5.35. The van der Waals surface area contributed by atoms with Gasteiger partial charge in [0.15, 0.2) is 0 Å². The molecule has 0 saturated carbocycles. The molecule has 0 aromatic rings. The number of nitrogens with one attached hydrogen (secondary N) is 1. The molecule has 0 bridgehead atoms. The number of hydrogen-bond acceptors (Lipinski definition) is 3. The van der Waals surface area contributed by atoms with Crippen LogP contribution in [0.2, 0.25) is 0 Å². The molecule has 2 fully saturated rings. The summed E-state index contributed by atoms with van der Waals surface area (Å²) >= 11 is 2.07. The summed E-state index contributed by atoms with van der Waals surface area (Å²) in [5.74, 6) is 0.768. The van der Waals surface area contributed by atoms with Gasteiger partial charge in [0.1, 0.15) is 0 Å². The van der Waals surface area contributed by atoms with E-state index in [2.05, 4.69) is 24.0 Å². The van der Waals surface area contributed by atoms with Crippen LogP contribution in [0.3, 0.4) is 0 Å². The summed E-state index contributed by atoms with van der Waals surface area (Å²) in [5, 5.41) is 5.00. The van der Waals surface area contributed by atoms with Crippen LogP contribution >= 0.6 is 11.8 Å². The van der Waals surface area contributed by atoms with E-state index in [1.807, 2.05) is 0 Å². The van der Waals surface area contributed by atoms with Gasteiger partial charge in [0.05, 0.1) is 12.0 Å². The second-order valence-electron chi connectivity index (χ2n) is 3.40. The van der Waals surface area contributed by atoms with Crippen molar-refractivity contribution >= 4 is 11.8 Å². The van der Waals surface area contributed by atoms with Crippen molar-refractivity contribution in [3.05, 3.63) is 0 Å². The Morgan fingerprint density at radius 2 is 2.45 bits per heavy atom. The average Bonchev–Trinajstić information content (AvgIpc) is 2.55. The Balaban J connectivity index is 1.85. The van der Waals surface area contributed by atoms with Crippen molar-refractivity contribution in [2.75, 3.05) is 19.8 Å². The second kappa shape index (κ2) is 3.33. The SMILES string of the molecule is CC1CNC(C2CCOC2)S1. The zero-order valence-corrected chi connectivity index (χ0v) is 7.69. The Morgan fingerprint density at radius 1 is 1.55 bits per heavy atom. The van der Waals surface area contributed by atoms with E-state index in [0.29, 0.717) is 5.37 Å². The lowest BCUT2D eigenvalue weighted by atomic mass is 10.1. The molecule has 0 radical (unpaired) electrons. The van der Waals surface area contributed by atoms with Crippen molar-refractivity contribution in [2.45, 2.75) is 24.0 Å². The van der Waals surface area contributed by atoms with Gasteiger partial charge in [0.2, 0.25) is 0 Å².